The molecule has 0 aromatic carbocycles. The van der Waals surface area contributed by atoms with Gasteiger partial charge in [-0.15, -0.1) is 0 Å². The highest BCUT2D eigenvalue weighted by molar-refractivity contribution is 5.86. The number of morpholine rings is 1. The molecule has 144 valence electrons. The molecule has 8 heteroatoms. The van der Waals surface area contributed by atoms with E-state index < -0.39 is 0 Å². The molecule has 0 bridgehead atoms. The van der Waals surface area contributed by atoms with Gasteiger partial charge in [-0.05, 0) is 26.8 Å². The van der Waals surface area contributed by atoms with E-state index in [2.05, 4.69) is 30.8 Å². The molecule has 0 atom stereocenters. The van der Waals surface area contributed by atoms with Crippen LogP contribution in [-0.4, -0.2) is 62.3 Å². The first kappa shape index (κ1) is 20.0. The number of carbonyl (C=O) groups is 1. The molecule has 1 aromatic heterocycles. The van der Waals surface area contributed by atoms with Crippen molar-refractivity contribution in [3.63, 3.8) is 0 Å². The van der Waals surface area contributed by atoms with Crippen molar-refractivity contribution in [2.75, 3.05) is 44.8 Å². The summed E-state index contributed by atoms with van der Waals surface area (Å²) < 4.78 is 5.41. The second kappa shape index (κ2) is 9.38. The second-order valence-electron chi connectivity index (χ2n) is 7.16. The van der Waals surface area contributed by atoms with Crippen LogP contribution in [-0.2, 0) is 16.1 Å². The largest absolute Gasteiger partial charge is 0.378 e. The van der Waals surface area contributed by atoms with Gasteiger partial charge in [0.25, 0.3) is 0 Å². The molecule has 8 nitrogen and oxygen atoms in total. The first-order valence-electron chi connectivity index (χ1n) is 8.91. The van der Waals surface area contributed by atoms with Gasteiger partial charge in [0, 0.05) is 44.0 Å². The average molecular weight is 362 g/mol. The normalized spacial score (nSPS) is 15.5. The van der Waals surface area contributed by atoms with E-state index in [9.17, 15) is 4.79 Å². The van der Waals surface area contributed by atoms with Crippen molar-refractivity contribution in [1.29, 1.82) is 0 Å². The van der Waals surface area contributed by atoms with Crippen molar-refractivity contribution < 1.29 is 9.53 Å². The summed E-state index contributed by atoms with van der Waals surface area (Å²) >= 11 is 0. The zero-order valence-corrected chi connectivity index (χ0v) is 16.1. The topological polar surface area (TPSA) is 90.9 Å². The summed E-state index contributed by atoms with van der Waals surface area (Å²) in [5, 5.41) is 9.19. The van der Waals surface area contributed by atoms with E-state index in [0.717, 1.165) is 37.7 Å². The summed E-state index contributed by atoms with van der Waals surface area (Å²) in [4.78, 5) is 22.9. The van der Waals surface area contributed by atoms with Crippen LogP contribution < -0.4 is 20.9 Å². The van der Waals surface area contributed by atoms with Gasteiger partial charge in [-0.1, -0.05) is 6.07 Å². The van der Waals surface area contributed by atoms with Gasteiger partial charge in [0.2, 0.25) is 5.91 Å². The van der Waals surface area contributed by atoms with E-state index in [1.807, 2.05) is 32.9 Å². The first-order chi connectivity index (χ1) is 12.4. The Balaban J connectivity index is 1.89. The minimum atomic E-state index is -0.252. The highest BCUT2D eigenvalue weighted by atomic mass is 16.5. The van der Waals surface area contributed by atoms with Crippen molar-refractivity contribution in [2.45, 2.75) is 32.9 Å². The van der Waals surface area contributed by atoms with E-state index in [1.165, 1.54) is 0 Å². The number of aromatic nitrogens is 1. The zero-order valence-electron chi connectivity index (χ0n) is 16.1. The van der Waals surface area contributed by atoms with Crippen molar-refractivity contribution in [1.82, 2.24) is 20.9 Å². The molecule has 1 saturated heterocycles. The number of anilines is 1. The van der Waals surface area contributed by atoms with Gasteiger partial charge < -0.3 is 25.6 Å². The lowest BCUT2D eigenvalue weighted by atomic mass is 10.1. The molecular weight excluding hydrogens is 332 g/mol. The van der Waals surface area contributed by atoms with E-state index in [-0.39, 0.29) is 18.0 Å². The van der Waals surface area contributed by atoms with Crippen LogP contribution >= 0.6 is 0 Å². The molecule has 2 heterocycles. The number of nitrogens with zero attached hydrogens (tertiary/aromatic N) is 3. The summed E-state index contributed by atoms with van der Waals surface area (Å²) in [6.45, 7) is 9.70. The number of aliphatic imine (C=N–C) groups is 1. The number of guanidine groups is 1. The Kier molecular flexibility index (Phi) is 7.20. The summed E-state index contributed by atoms with van der Waals surface area (Å²) in [6, 6.07) is 3.97. The van der Waals surface area contributed by atoms with Crippen molar-refractivity contribution in [3.05, 3.63) is 23.9 Å². The Labute approximate surface area is 155 Å². The van der Waals surface area contributed by atoms with Gasteiger partial charge in [0.15, 0.2) is 5.96 Å². The van der Waals surface area contributed by atoms with E-state index in [4.69, 9.17) is 4.74 Å². The molecule has 1 fully saturated rings. The van der Waals surface area contributed by atoms with Gasteiger partial charge in [0.05, 0.1) is 19.8 Å². The number of ether oxygens (including phenoxy) is 1. The number of nitrogens with one attached hydrogen (secondary N) is 3. The minimum absolute atomic E-state index is 0.0733. The molecular formula is C18H30N6O2. The third-order valence-corrected chi connectivity index (χ3v) is 3.78. The highest BCUT2D eigenvalue weighted by Gasteiger charge is 2.16. The Morgan fingerprint density at radius 2 is 2.04 bits per heavy atom. The van der Waals surface area contributed by atoms with Crippen LogP contribution in [0.5, 0.6) is 0 Å². The third kappa shape index (κ3) is 6.51. The molecule has 0 saturated carbocycles. The molecule has 0 aliphatic carbocycles. The lowest BCUT2D eigenvalue weighted by molar-refractivity contribution is -0.121. The van der Waals surface area contributed by atoms with Gasteiger partial charge in [0.1, 0.15) is 5.82 Å². The number of rotatable bonds is 5. The zero-order chi connectivity index (χ0) is 19.0. The van der Waals surface area contributed by atoms with Gasteiger partial charge in [-0.25, -0.2) is 4.98 Å². The van der Waals surface area contributed by atoms with Gasteiger partial charge >= 0.3 is 0 Å². The summed E-state index contributed by atoms with van der Waals surface area (Å²) in [5.41, 5.74) is 0.829. The standard InChI is InChI=1S/C18H30N6O2/c1-18(2,3)23-15(25)13-22-17(19-4)21-12-14-6-5-7-20-16(14)24-8-10-26-11-9-24/h5-7H,8-13H2,1-4H3,(H,23,25)(H2,19,21,22). The van der Waals surface area contributed by atoms with Crippen LogP contribution in [0, 0.1) is 0 Å². The molecule has 1 aliphatic heterocycles. The van der Waals surface area contributed by atoms with Crippen LogP contribution in [0.4, 0.5) is 5.82 Å². The Morgan fingerprint density at radius 1 is 1.31 bits per heavy atom. The van der Waals surface area contributed by atoms with E-state index in [1.54, 1.807) is 13.2 Å². The molecule has 3 N–H and O–H groups in total. The molecule has 1 aromatic rings. The fourth-order valence-electron chi connectivity index (χ4n) is 2.65. The SMILES string of the molecule is CN=C(NCC(=O)NC(C)(C)C)NCc1cccnc1N1CCOCC1. The molecule has 0 unspecified atom stereocenters. The molecule has 1 aliphatic rings. The number of hydrogen-bond acceptors (Lipinski definition) is 5. The van der Waals surface area contributed by atoms with Crippen LogP contribution in [0.3, 0.4) is 0 Å². The second-order valence-corrected chi connectivity index (χ2v) is 7.16. The maximum Gasteiger partial charge on any atom is 0.239 e. The molecule has 2 rings (SSSR count). The summed E-state index contributed by atoms with van der Waals surface area (Å²) in [5.74, 6) is 1.46. The molecule has 26 heavy (non-hydrogen) atoms. The number of hydrogen-bond donors (Lipinski definition) is 3. The van der Waals surface area contributed by atoms with Crippen LogP contribution in [0.2, 0.25) is 0 Å². The quantitative estimate of drug-likeness (QED) is 0.522. The number of pyridine rings is 1. The lowest BCUT2D eigenvalue weighted by Crippen LogP contribution is -2.48. The molecule has 0 radical (unpaired) electrons. The van der Waals surface area contributed by atoms with E-state index >= 15 is 0 Å². The van der Waals surface area contributed by atoms with Crippen LogP contribution in [0.15, 0.2) is 23.3 Å². The number of amides is 1. The smallest absolute Gasteiger partial charge is 0.239 e. The lowest BCUT2D eigenvalue weighted by Gasteiger charge is -2.29. The third-order valence-electron chi connectivity index (χ3n) is 3.78. The Bertz CT molecular complexity index is 620. The predicted molar refractivity (Wildman–Crippen MR) is 103 cm³/mol. The Morgan fingerprint density at radius 3 is 2.69 bits per heavy atom. The minimum Gasteiger partial charge on any atom is -0.378 e. The summed E-state index contributed by atoms with van der Waals surface area (Å²) in [6.07, 6.45) is 1.80. The van der Waals surface area contributed by atoms with Crippen molar-refractivity contribution in [3.8, 4) is 0 Å². The van der Waals surface area contributed by atoms with Crippen LogP contribution in [0.25, 0.3) is 0 Å². The maximum absolute atomic E-state index is 11.9. The molecule has 0 spiro atoms. The molecule has 1 amide bonds. The predicted octanol–water partition coefficient (Wildman–Crippen LogP) is 0.498. The fourth-order valence-corrected chi connectivity index (χ4v) is 2.65. The Hall–Kier alpha value is -2.35. The monoisotopic (exact) mass is 362 g/mol. The van der Waals surface area contributed by atoms with Gasteiger partial charge in [-0.2, -0.15) is 0 Å². The van der Waals surface area contributed by atoms with E-state index in [0.29, 0.717) is 12.5 Å². The first-order valence-corrected chi connectivity index (χ1v) is 8.91. The average Bonchev–Trinajstić information content (AvgIpc) is 2.61. The van der Waals surface area contributed by atoms with Crippen molar-refractivity contribution >= 4 is 17.7 Å². The van der Waals surface area contributed by atoms with Crippen molar-refractivity contribution in [2.24, 2.45) is 4.99 Å². The van der Waals surface area contributed by atoms with Crippen LogP contribution in [0.1, 0.15) is 26.3 Å². The fraction of sp³-hybridized carbons (Fsp3) is 0.611. The van der Waals surface area contributed by atoms with Gasteiger partial charge in [-0.3, -0.25) is 9.79 Å². The summed E-state index contributed by atoms with van der Waals surface area (Å²) in [7, 11) is 1.68. The maximum atomic E-state index is 11.9. The number of carbonyl (C=O) groups excluding carboxylic acids is 1. The highest BCUT2D eigenvalue weighted by Crippen LogP contribution is 2.18.